The molecule has 0 aliphatic carbocycles. The zero-order chi connectivity index (χ0) is 16.5. The second-order valence-electron chi connectivity index (χ2n) is 5.08. The van der Waals surface area contributed by atoms with Crippen LogP contribution < -0.4 is 4.74 Å². The Kier molecular flexibility index (Phi) is 3.35. The van der Waals surface area contributed by atoms with Gasteiger partial charge in [-0.15, -0.1) is 0 Å². The fourth-order valence-electron chi connectivity index (χ4n) is 2.64. The van der Waals surface area contributed by atoms with Crippen LogP contribution in [0.4, 0.5) is 0 Å². The van der Waals surface area contributed by atoms with Crippen molar-refractivity contribution in [2.45, 2.75) is 0 Å². The molecule has 0 unspecified atom stereocenters. The largest absolute Gasteiger partial charge is 0.433 e. The SMILES string of the molecule is C=CN=C1C(=NC)Oc2cnc(-c3cccc4cccnc34)nc21. The molecule has 1 aromatic carbocycles. The van der Waals surface area contributed by atoms with Crippen LogP contribution in [0.5, 0.6) is 5.75 Å². The average molecular weight is 315 g/mol. The first kappa shape index (κ1) is 14.2. The van der Waals surface area contributed by atoms with Crippen molar-refractivity contribution in [3.8, 4) is 17.1 Å². The molecule has 3 heterocycles. The predicted molar refractivity (Wildman–Crippen MR) is 93.5 cm³/mol. The van der Waals surface area contributed by atoms with Gasteiger partial charge in [-0.2, -0.15) is 0 Å². The van der Waals surface area contributed by atoms with Crippen molar-refractivity contribution in [3.05, 3.63) is 61.2 Å². The number of rotatable bonds is 2. The van der Waals surface area contributed by atoms with E-state index >= 15 is 0 Å². The number of benzene rings is 1. The smallest absolute Gasteiger partial charge is 0.243 e. The molecule has 4 rings (SSSR count). The van der Waals surface area contributed by atoms with Crippen LogP contribution in [0.25, 0.3) is 22.3 Å². The van der Waals surface area contributed by atoms with Gasteiger partial charge in [0.2, 0.25) is 5.90 Å². The van der Waals surface area contributed by atoms with Gasteiger partial charge in [0.25, 0.3) is 0 Å². The van der Waals surface area contributed by atoms with Crippen LogP contribution in [0.1, 0.15) is 5.69 Å². The van der Waals surface area contributed by atoms with E-state index in [9.17, 15) is 0 Å². The molecule has 0 bridgehead atoms. The van der Waals surface area contributed by atoms with Gasteiger partial charge in [0, 0.05) is 30.4 Å². The summed E-state index contributed by atoms with van der Waals surface area (Å²) in [6.45, 7) is 3.64. The minimum Gasteiger partial charge on any atom is -0.433 e. The summed E-state index contributed by atoms with van der Waals surface area (Å²) in [5.74, 6) is 1.51. The molecule has 0 atom stereocenters. The Balaban J connectivity index is 1.92. The normalized spacial score (nSPS) is 16.4. The Hall–Kier alpha value is -3.41. The maximum atomic E-state index is 5.63. The van der Waals surface area contributed by atoms with Crippen molar-refractivity contribution in [2.75, 3.05) is 7.05 Å². The first-order valence-corrected chi connectivity index (χ1v) is 7.37. The van der Waals surface area contributed by atoms with Gasteiger partial charge in [0.15, 0.2) is 17.3 Å². The lowest BCUT2D eigenvalue weighted by Gasteiger charge is -2.05. The summed E-state index contributed by atoms with van der Waals surface area (Å²) in [6, 6.07) is 9.84. The minimum atomic E-state index is 0.410. The first-order chi connectivity index (χ1) is 11.8. The molecule has 1 aliphatic heterocycles. The molecule has 0 N–H and O–H groups in total. The van der Waals surface area contributed by atoms with E-state index < -0.39 is 0 Å². The number of fused-ring (bicyclic) bond motifs is 2. The van der Waals surface area contributed by atoms with Gasteiger partial charge in [-0.1, -0.05) is 24.8 Å². The van der Waals surface area contributed by atoms with E-state index in [2.05, 4.69) is 31.5 Å². The summed E-state index contributed by atoms with van der Waals surface area (Å²) in [7, 11) is 1.64. The lowest BCUT2D eigenvalue weighted by molar-refractivity contribution is 0.565. The van der Waals surface area contributed by atoms with Crippen LogP contribution in [0.15, 0.2) is 65.5 Å². The molecule has 3 aromatic rings. The van der Waals surface area contributed by atoms with Gasteiger partial charge in [-0.05, 0) is 12.1 Å². The summed E-state index contributed by atoms with van der Waals surface area (Å²) in [5, 5.41) is 1.03. The van der Waals surface area contributed by atoms with Crippen LogP contribution in [-0.4, -0.2) is 33.6 Å². The van der Waals surface area contributed by atoms with E-state index in [1.165, 1.54) is 6.20 Å². The zero-order valence-corrected chi connectivity index (χ0v) is 13.0. The molecule has 0 amide bonds. The van der Waals surface area contributed by atoms with Gasteiger partial charge in [-0.3, -0.25) is 9.98 Å². The van der Waals surface area contributed by atoms with Crippen LogP contribution >= 0.6 is 0 Å². The monoisotopic (exact) mass is 315 g/mol. The summed E-state index contributed by atoms with van der Waals surface area (Å²) in [6.07, 6.45) is 4.84. The third-order valence-corrected chi connectivity index (χ3v) is 3.69. The fraction of sp³-hybridized carbons (Fsp3) is 0.0556. The van der Waals surface area contributed by atoms with E-state index in [0.717, 1.165) is 16.5 Å². The van der Waals surface area contributed by atoms with Gasteiger partial charge < -0.3 is 4.74 Å². The third-order valence-electron chi connectivity index (χ3n) is 3.69. The van der Waals surface area contributed by atoms with E-state index in [4.69, 9.17) is 4.74 Å². The Morgan fingerprint density at radius 2 is 2.04 bits per heavy atom. The molecule has 1 aliphatic rings. The lowest BCUT2D eigenvalue weighted by Crippen LogP contribution is -2.13. The summed E-state index contributed by atoms with van der Waals surface area (Å²) in [4.78, 5) is 21.8. The topological polar surface area (TPSA) is 72.6 Å². The Labute approximate surface area is 138 Å². The number of aliphatic imine (C=N–C) groups is 2. The van der Waals surface area contributed by atoms with Gasteiger partial charge >= 0.3 is 0 Å². The zero-order valence-electron chi connectivity index (χ0n) is 13.0. The highest BCUT2D eigenvalue weighted by molar-refractivity contribution is 6.48. The third kappa shape index (κ3) is 2.16. The number of aromatic nitrogens is 3. The van der Waals surface area contributed by atoms with Crippen molar-refractivity contribution in [3.63, 3.8) is 0 Å². The van der Waals surface area contributed by atoms with Crippen LogP contribution in [0, 0.1) is 0 Å². The number of hydrogen-bond acceptors (Lipinski definition) is 6. The standard InChI is InChI=1S/C18H13N5O/c1-3-20-16-15-13(24-18(16)19-2)10-22-17(23-15)12-8-4-6-11-7-5-9-21-14(11)12/h3-10H,1H2,2H3. The Morgan fingerprint density at radius 1 is 1.17 bits per heavy atom. The molecular formula is C18H13N5O. The fourth-order valence-corrected chi connectivity index (χ4v) is 2.64. The molecule has 0 spiro atoms. The number of para-hydroxylation sites is 1. The number of ether oxygens (including phenoxy) is 1. The second kappa shape index (κ2) is 5.66. The average Bonchev–Trinajstić information content (AvgIpc) is 2.98. The molecule has 6 heteroatoms. The molecule has 0 fully saturated rings. The molecule has 24 heavy (non-hydrogen) atoms. The van der Waals surface area contributed by atoms with Crippen LogP contribution in [0.2, 0.25) is 0 Å². The van der Waals surface area contributed by atoms with Crippen molar-refractivity contribution >= 4 is 22.5 Å². The van der Waals surface area contributed by atoms with Crippen molar-refractivity contribution < 1.29 is 4.74 Å². The van der Waals surface area contributed by atoms with Gasteiger partial charge in [-0.25, -0.2) is 15.0 Å². The van der Waals surface area contributed by atoms with E-state index in [1.807, 2.05) is 30.3 Å². The van der Waals surface area contributed by atoms with Crippen LogP contribution in [-0.2, 0) is 0 Å². The maximum Gasteiger partial charge on any atom is 0.243 e. The quantitative estimate of drug-likeness (QED) is 0.728. The first-order valence-electron chi connectivity index (χ1n) is 7.37. The maximum absolute atomic E-state index is 5.63. The van der Waals surface area contributed by atoms with Crippen molar-refractivity contribution in [1.29, 1.82) is 0 Å². The molecule has 0 saturated heterocycles. The Bertz CT molecular complexity index is 1020. The molecule has 0 saturated carbocycles. The summed E-state index contributed by atoms with van der Waals surface area (Å²) in [5.41, 5.74) is 2.87. The highest BCUT2D eigenvalue weighted by atomic mass is 16.5. The molecule has 2 aromatic heterocycles. The highest BCUT2D eigenvalue weighted by Gasteiger charge is 2.29. The van der Waals surface area contributed by atoms with Gasteiger partial charge in [0.05, 0.1) is 11.7 Å². The predicted octanol–water partition coefficient (Wildman–Crippen LogP) is 3.05. The van der Waals surface area contributed by atoms with Crippen LogP contribution in [0.3, 0.4) is 0 Å². The summed E-state index contributed by atoms with van der Waals surface area (Å²) >= 11 is 0. The molecule has 116 valence electrons. The van der Waals surface area contributed by atoms with Crippen molar-refractivity contribution in [1.82, 2.24) is 15.0 Å². The van der Waals surface area contributed by atoms with Gasteiger partial charge in [0.1, 0.15) is 5.69 Å². The van der Waals surface area contributed by atoms with E-state index in [0.29, 0.717) is 28.9 Å². The number of pyridine rings is 1. The Morgan fingerprint density at radius 3 is 2.88 bits per heavy atom. The second-order valence-corrected chi connectivity index (χ2v) is 5.08. The lowest BCUT2D eigenvalue weighted by atomic mass is 10.1. The molecule has 6 nitrogen and oxygen atoms in total. The minimum absolute atomic E-state index is 0.410. The molecule has 0 radical (unpaired) electrons. The molecular weight excluding hydrogens is 302 g/mol. The summed E-state index contributed by atoms with van der Waals surface area (Å²) < 4.78 is 5.63. The van der Waals surface area contributed by atoms with Crippen molar-refractivity contribution in [2.24, 2.45) is 9.98 Å². The van der Waals surface area contributed by atoms with E-state index in [1.54, 1.807) is 19.4 Å². The number of hydrogen-bond donors (Lipinski definition) is 0. The van der Waals surface area contributed by atoms with E-state index in [-0.39, 0.29) is 0 Å². The highest BCUT2D eigenvalue weighted by Crippen LogP contribution is 2.29. The number of nitrogens with zero attached hydrogens (tertiary/aromatic N) is 5.